The molecule has 1 amide bonds. The smallest absolute Gasteiger partial charge is 0.270 e. The molecule has 0 unspecified atom stereocenters. The molecule has 0 aromatic heterocycles. The van der Waals surface area contributed by atoms with Crippen LogP contribution in [0.1, 0.15) is 29.0 Å². The first-order valence-corrected chi connectivity index (χ1v) is 10.0. The number of allylic oxidation sites excluding steroid dienone is 1. The zero-order valence-corrected chi connectivity index (χ0v) is 16.7. The highest BCUT2D eigenvalue weighted by atomic mass is 16.6. The van der Waals surface area contributed by atoms with E-state index in [0.717, 1.165) is 17.5 Å². The Morgan fingerprint density at radius 2 is 1.71 bits per heavy atom. The molecule has 4 rings (SSSR count). The highest BCUT2D eigenvalue weighted by Crippen LogP contribution is 2.47. The van der Waals surface area contributed by atoms with Gasteiger partial charge >= 0.3 is 0 Å². The van der Waals surface area contributed by atoms with Crippen molar-refractivity contribution in [2.24, 2.45) is 11.0 Å². The number of nitro groups is 1. The predicted octanol–water partition coefficient (Wildman–Crippen LogP) is 4.93. The van der Waals surface area contributed by atoms with Crippen LogP contribution >= 0.6 is 0 Å². The van der Waals surface area contributed by atoms with Crippen molar-refractivity contribution >= 4 is 23.4 Å². The summed E-state index contributed by atoms with van der Waals surface area (Å²) in [6.45, 7) is 0. The first kappa shape index (κ1) is 20.2. The van der Waals surface area contributed by atoms with Crippen LogP contribution in [0.4, 0.5) is 5.69 Å². The van der Waals surface area contributed by atoms with E-state index in [9.17, 15) is 14.9 Å². The number of nitro benzene ring substituents is 1. The van der Waals surface area contributed by atoms with Crippen molar-refractivity contribution in [3.63, 3.8) is 0 Å². The topological polar surface area (TPSA) is 84.6 Å². The molecule has 6 nitrogen and oxygen atoms in total. The van der Waals surface area contributed by atoms with Crippen molar-refractivity contribution < 1.29 is 9.72 Å². The summed E-state index contributed by atoms with van der Waals surface area (Å²) in [5, 5.41) is 15.5. The number of hydrogen-bond donors (Lipinski definition) is 1. The van der Waals surface area contributed by atoms with E-state index in [1.54, 1.807) is 18.2 Å². The van der Waals surface area contributed by atoms with Crippen molar-refractivity contribution in [1.29, 1.82) is 0 Å². The molecule has 31 heavy (non-hydrogen) atoms. The Kier molecular flexibility index (Phi) is 5.98. The molecule has 6 heteroatoms. The molecule has 0 aliphatic heterocycles. The monoisotopic (exact) mass is 411 g/mol. The van der Waals surface area contributed by atoms with Crippen LogP contribution in [0, 0.1) is 16.0 Å². The lowest BCUT2D eigenvalue weighted by Gasteiger charge is -2.05. The summed E-state index contributed by atoms with van der Waals surface area (Å²) in [6, 6.07) is 25.8. The quantitative estimate of drug-likeness (QED) is 0.340. The normalized spacial score (nSPS) is 18.0. The summed E-state index contributed by atoms with van der Waals surface area (Å²) in [5.74, 6) is -0.0574. The van der Waals surface area contributed by atoms with E-state index in [-0.39, 0.29) is 23.4 Å². The van der Waals surface area contributed by atoms with Gasteiger partial charge in [-0.15, -0.1) is 0 Å². The number of carbonyl (C=O) groups is 1. The summed E-state index contributed by atoms with van der Waals surface area (Å²) in [6.07, 6.45) is 4.39. The second kappa shape index (κ2) is 9.17. The number of hydrazone groups is 1. The van der Waals surface area contributed by atoms with Gasteiger partial charge in [0.05, 0.1) is 10.6 Å². The van der Waals surface area contributed by atoms with Gasteiger partial charge in [-0.3, -0.25) is 14.9 Å². The molecule has 1 saturated carbocycles. The van der Waals surface area contributed by atoms with Gasteiger partial charge in [0.15, 0.2) is 0 Å². The van der Waals surface area contributed by atoms with E-state index in [1.807, 2.05) is 66.7 Å². The number of non-ortho nitro benzene ring substituents is 1. The Morgan fingerprint density at radius 3 is 2.42 bits per heavy atom. The van der Waals surface area contributed by atoms with E-state index < -0.39 is 4.92 Å². The predicted molar refractivity (Wildman–Crippen MR) is 121 cm³/mol. The molecule has 0 spiro atoms. The molecule has 1 aliphatic carbocycles. The van der Waals surface area contributed by atoms with E-state index in [1.165, 1.54) is 12.1 Å². The molecule has 2 atom stereocenters. The SMILES string of the molecule is O=C(N/N=C(\C=C\c1ccccc1)c1cccc([N+](=O)[O-])c1)[C@H]1C[C@@H]1c1ccccc1. The minimum atomic E-state index is -0.449. The summed E-state index contributed by atoms with van der Waals surface area (Å²) >= 11 is 0. The van der Waals surface area contributed by atoms with Gasteiger partial charge in [0, 0.05) is 23.6 Å². The highest BCUT2D eigenvalue weighted by Gasteiger charge is 2.43. The third-order valence-corrected chi connectivity index (χ3v) is 5.23. The van der Waals surface area contributed by atoms with Gasteiger partial charge in [0.25, 0.3) is 5.69 Å². The third kappa shape index (κ3) is 5.11. The molecule has 1 aliphatic rings. The number of benzene rings is 3. The minimum Gasteiger partial charge on any atom is -0.273 e. The van der Waals surface area contributed by atoms with E-state index >= 15 is 0 Å². The standard InChI is InChI=1S/C25H21N3O3/c29-25(23-17-22(23)19-10-5-2-6-11-19)27-26-24(15-14-18-8-3-1-4-9-18)20-12-7-13-21(16-20)28(30)31/h1-16,22-23H,17H2,(H,27,29)/b15-14+,26-24+/t22-,23+/m1/s1. The summed E-state index contributed by atoms with van der Waals surface area (Å²) < 4.78 is 0. The summed E-state index contributed by atoms with van der Waals surface area (Å²) in [7, 11) is 0. The van der Waals surface area contributed by atoms with Crippen LogP contribution in [-0.4, -0.2) is 16.5 Å². The van der Waals surface area contributed by atoms with Crippen molar-refractivity contribution in [2.45, 2.75) is 12.3 Å². The number of hydrogen-bond acceptors (Lipinski definition) is 4. The largest absolute Gasteiger partial charge is 0.273 e. The molecule has 0 bridgehead atoms. The van der Waals surface area contributed by atoms with Gasteiger partial charge < -0.3 is 0 Å². The van der Waals surface area contributed by atoms with Gasteiger partial charge in [0.2, 0.25) is 5.91 Å². The van der Waals surface area contributed by atoms with Crippen molar-refractivity contribution in [1.82, 2.24) is 5.43 Å². The zero-order chi connectivity index (χ0) is 21.6. The third-order valence-electron chi connectivity index (χ3n) is 5.23. The average molecular weight is 411 g/mol. The molecule has 3 aromatic carbocycles. The van der Waals surface area contributed by atoms with Crippen molar-refractivity contribution in [3.05, 3.63) is 118 Å². The number of nitrogens with zero attached hydrogens (tertiary/aromatic N) is 2. The number of carbonyl (C=O) groups excluding carboxylic acids is 1. The fourth-order valence-corrected chi connectivity index (χ4v) is 3.47. The molecular weight excluding hydrogens is 390 g/mol. The Bertz CT molecular complexity index is 1140. The molecule has 0 heterocycles. The minimum absolute atomic E-state index is 0.0315. The number of amides is 1. The van der Waals surface area contributed by atoms with E-state index in [4.69, 9.17) is 0 Å². The fourth-order valence-electron chi connectivity index (χ4n) is 3.47. The van der Waals surface area contributed by atoms with Gasteiger partial charge in [-0.2, -0.15) is 5.10 Å². The first-order valence-electron chi connectivity index (χ1n) is 10.0. The second-order valence-electron chi connectivity index (χ2n) is 7.38. The van der Waals surface area contributed by atoms with Crippen LogP contribution in [0.25, 0.3) is 6.08 Å². The van der Waals surface area contributed by atoms with Gasteiger partial charge in [-0.05, 0) is 29.5 Å². The van der Waals surface area contributed by atoms with Crippen LogP contribution in [0.2, 0.25) is 0 Å². The Hall–Kier alpha value is -4.06. The second-order valence-corrected chi connectivity index (χ2v) is 7.38. The maximum atomic E-state index is 12.6. The zero-order valence-electron chi connectivity index (χ0n) is 16.7. The lowest BCUT2D eigenvalue weighted by molar-refractivity contribution is -0.384. The Morgan fingerprint density at radius 1 is 1.00 bits per heavy atom. The molecule has 1 fully saturated rings. The van der Waals surface area contributed by atoms with Crippen molar-refractivity contribution in [3.8, 4) is 0 Å². The highest BCUT2D eigenvalue weighted by molar-refractivity contribution is 6.11. The maximum absolute atomic E-state index is 12.6. The van der Waals surface area contributed by atoms with E-state index in [2.05, 4.69) is 10.5 Å². The van der Waals surface area contributed by atoms with Crippen LogP contribution < -0.4 is 5.43 Å². The van der Waals surface area contributed by atoms with Gasteiger partial charge in [-0.1, -0.05) is 78.9 Å². The fraction of sp³-hybridized carbons (Fsp3) is 0.120. The number of rotatable bonds is 7. The lowest BCUT2D eigenvalue weighted by atomic mass is 10.1. The maximum Gasteiger partial charge on any atom is 0.270 e. The summed E-state index contributed by atoms with van der Waals surface area (Å²) in [5.41, 5.74) is 5.72. The van der Waals surface area contributed by atoms with Crippen LogP contribution in [0.3, 0.4) is 0 Å². The first-order chi connectivity index (χ1) is 15.1. The molecule has 0 saturated heterocycles. The van der Waals surface area contributed by atoms with Crippen molar-refractivity contribution in [2.75, 3.05) is 0 Å². The molecular formula is C25H21N3O3. The van der Waals surface area contributed by atoms with Gasteiger partial charge in [-0.25, -0.2) is 5.43 Å². The summed E-state index contributed by atoms with van der Waals surface area (Å²) in [4.78, 5) is 23.3. The van der Waals surface area contributed by atoms with Crippen LogP contribution in [0.5, 0.6) is 0 Å². The molecule has 0 radical (unpaired) electrons. The van der Waals surface area contributed by atoms with Gasteiger partial charge in [0.1, 0.15) is 0 Å². The Labute approximate surface area is 180 Å². The molecule has 3 aromatic rings. The molecule has 1 N–H and O–H groups in total. The van der Waals surface area contributed by atoms with E-state index in [0.29, 0.717) is 11.3 Å². The van der Waals surface area contributed by atoms with Crippen LogP contribution in [-0.2, 0) is 4.79 Å². The van der Waals surface area contributed by atoms with Crippen LogP contribution in [0.15, 0.2) is 96.1 Å². The molecule has 154 valence electrons. The number of nitrogens with one attached hydrogen (secondary N) is 1. The average Bonchev–Trinajstić information content (AvgIpc) is 3.61. The lowest BCUT2D eigenvalue weighted by Crippen LogP contribution is -2.21. The Balaban J connectivity index is 1.54.